The molecule has 1 heterocycles. The largest absolute Gasteiger partial charge is 0.389 e. The number of aliphatic hydroxyl groups excluding tert-OH is 1. The average molecular weight is 151 g/mol. The van der Waals surface area contributed by atoms with Crippen LogP contribution in [-0.2, 0) is 15.7 Å². The van der Waals surface area contributed by atoms with Crippen LogP contribution in [0.5, 0.6) is 0 Å². The van der Waals surface area contributed by atoms with Gasteiger partial charge in [0.25, 0.3) is 0 Å². The lowest BCUT2D eigenvalue weighted by atomic mass is 10.3. The first-order valence-electron chi connectivity index (χ1n) is 2.62. The van der Waals surface area contributed by atoms with Gasteiger partial charge < -0.3 is 9.84 Å². The van der Waals surface area contributed by atoms with Gasteiger partial charge >= 0.3 is 0 Å². The van der Waals surface area contributed by atoms with E-state index >= 15 is 0 Å². The van der Waals surface area contributed by atoms with Crippen molar-refractivity contribution in [3.05, 3.63) is 0 Å². The van der Waals surface area contributed by atoms with Crippen molar-refractivity contribution in [2.24, 2.45) is 5.14 Å². The van der Waals surface area contributed by atoms with Gasteiger partial charge in [-0.2, -0.15) is 0 Å². The molecule has 0 amide bonds. The van der Waals surface area contributed by atoms with Crippen molar-refractivity contribution in [1.82, 2.24) is 0 Å². The third kappa shape index (κ3) is 1.48. The Morgan fingerprint density at radius 1 is 1.67 bits per heavy atom. The summed E-state index contributed by atoms with van der Waals surface area (Å²) >= 11 is 0. The van der Waals surface area contributed by atoms with Crippen LogP contribution in [0.2, 0.25) is 0 Å². The van der Waals surface area contributed by atoms with E-state index in [2.05, 4.69) is 0 Å². The molecule has 0 saturated carbocycles. The van der Waals surface area contributed by atoms with Crippen molar-refractivity contribution in [2.45, 2.75) is 11.4 Å². The van der Waals surface area contributed by atoms with Crippen molar-refractivity contribution in [1.29, 1.82) is 0 Å². The van der Waals surface area contributed by atoms with E-state index < -0.39 is 17.1 Å². The van der Waals surface area contributed by atoms with Crippen LogP contribution in [0.3, 0.4) is 0 Å². The molecule has 0 bridgehead atoms. The van der Waals surface area contributed by atoms with Crippen LogP contribution in [-0.4, -0.2) is 33.9 Å². The molecule has 1 saturated heterocycles. The molecule has 54 valence electrons. The molecule has 0 aromatic carbocycles. The fourth-order valence-electron chi connectivity index (χ4n) is 0.745. The van der Waals surface area contributed by atoms with Crippen LogP contribution < -0.4 is 5.14 Å². The van der Waals surface area contributed by atoms with Gasteiger partial charge in [0, 0.05) is 0 Å². The molecular weight excluding hydrogens is 142 g/mol. The molecule has 3 N–H and O–H groups in total. The normalized spacial score (nSPS) is 38.9. The monoisotopic (exact) mass is 151 g/mol. The number of hydrogen-bond donors (Lipinski definition) is 2. The zero-order valence-corrected chi connectivity index (χ0v) is 5.63. The highest BCUT2D eigenvalue weighted by atomic mass is 32.2. The zero-order chi connectivity index (χ0) is 6.85. The number of ether oxygens (including phenoxy) is 1. The molecule has 0 aromatic rings. The Morgan fingerprint density at radius 2 is 2.33 bits per heavy atom. The molecule has 1 unspecified atom stereocenters. The number of aliphatic hydroxyl groups is 1. The molecule has 1 rings (SSSR count). The summed E-state index contributed by atoms with van der Waals surface area (Å²) in [5, 5.41) is 13.6. The van der Waals surface area contributed by atoms with Crippen molar-refractivity contribution in [3.63, 3.8) is 0 Å². The van der Waals surface area contributed by atoms with Gasteiger partial charge in [-0.05, 0) is 0 Å². The lowest BCUT2D eigenvalue weighted by Crippen LogP contribution is -2.32. The Balaban J connectivity index is 2.49. The number of rotatable bonds is 1. The van der Waals surface area contributed by atoms with Crippen LogP contribution in [0.4, 0.5) is 0 Å². The van der Waals surface area contributed by atoms with E-state index in [1.165, 1.54) is 0 Å². The van der Waals surface area contributed by atoms with Crippen LogP contribution in [0.1, 0.15) is 0 Å². The van der Waals surface area contributed by atoms with Gasteiger partial charge in [0.15, 0.2) is 0 Å². The Kier molecular flexibility index (Phi) is 2.18. The van der Waals surface area contributed by atoms with Crippen LogP contribution in [0.25, 0.3) is 0 Å². The van der Waals surface area contributed by atoms with Gasteiger partial charge in [0.1, 0.15) is 5.25 Å². The highest BCUT2D eigenvalue weighted by Crippen LogP contribution is 2.08. The molecule has 3 atom stereocenters. The molecule has 1 aliphatic rings. The summed E-state index contributed by atoms with van der Waals surface area (Å²) < 4.78 is 15.3. The van der Waals surface area contributed by atoms with Crippen LogP contribution in [0.15, 0.2) is 0 Å². The average Bonchev–Trinajstić information content (AvgIpc) is 2.13. The van der Waals surface area contributed by atoms with Crippen molar-refractivity contribution in [3.8, 4) is 0 Å². The van der Waals surface area contributed by atoms with E-state index in [1.807, 2.05) is 0 Å². The lowest BCUT2D eigenvalue weighted by molar-refractivity contribution is 0.127. The topological polar surface area (TPSA) is 72.6 Å². The Morgan fingerprint density at radius 3 is 2.56 bits per heavy atom. The van der Waals surface area contributed by atoms with Gasteiger partial charge in [-0.3, -0.25) is 5.14 Å². The number of nitrogens with two attached hydrogens (primary N) is 1. The minimum Gasteiger partial charge on any atom is -0.389 e. The predicted molar refractivity (Wildman–Crippen MR) is 32.9 cm³/mol. The minimum atomic E-state index is -1.45. The van der Waals surface area contributed by atoms with Crippen LogP contribution in [0, 0.1) is 0 Å². The highest BCUT2D eigenvalue weighted by molar-refractivity contribution is 7.83. The summed E-state index contributed by atoms with van der Waals surface area (Å²) in [6, 6.07) is 0. The molecule has 9 heavy (non-hydrogen) atoms. The molecular formula is C4H9NO3S. The third-order valence-corrected chi connectivity index (χ3v) is 2.35. The SMILES string of the molecule is NS(=O)[C@@H]1COC[C@H]1O. The second-order valence-corrected chi connectivity index (χ2v) is 3.23. The first kappa shape index (κ1) is 7.14. The van der Waals surface area contributed by atoms with Gasteiger partial charge in [-0.1, -0.05) is 0 Å². The molecule has 4 nitrogen and oxygen atoms in total. The Hall–Kier alpha value is 0.0300. The fourth-order valence-corrected chi connectivity index (χ4v) is 1.36. The van der Waals surface area contributed by atoms with E-state index in [0.29, 0.717) is 6.61 Å². The van der Waals surface area contributed by atoms with E-state index in [-0.39, 0.29) is 11.9 Å². The zero-order valence-electron chi connectivity index (χ0n) is 4.82. The third-order valence-electron chi connectivity index (χ3n) is 1.30. The molecule has 1 aliphatic heterocycles. The van der Waals surface area contributed by atoms with Crippen molar-refractivity contribution < 1.29 is 14.1 Å². The minimum absolute atomic E-state index is 0.258. The second-order valence-electron chi connectivity index (χ2n) is 1.97. The van der Waals surface area contributed by atoms with E-state index in [1.54, 1.807) is 0 Å². The van der Waals surface area contributed by atoms with E-state index in [0.717, 1.165) is 0 Å². The maximum absolute atomic E-state index is 10.5. The predicted octanol–water partition coefficient (Wildman–Crippen LogP) is -1.63. The van der Waals surface area contributed by atoms with Gasteiger partial charge in [-0.25, -0.2) is 4.21 Å². The van der Waals surface area contributed by atoms with Gasteiger partial charge in [-0.15, -0.1) is 0 Å². The van der Waals surface area contributed by atoms with Gasteiger partial charge in [0.2, 0.25) is 0 Å². The van der Waals surface area contributed by atoms with Crippen molar-refractivity contribution >= 4 is 11.0 Å². The Labute approximate surface area is 55.6 Å². The second kappa shape index (κ2) is 2.74. The number of hydrogen-bond acceptors (Lipinski definition) is 3. The molecule has 0 radical (unpaired) electrons. The maximum Gasteiger partial charge on any atom is 0.100 e. The van der Waals surface area contributed by atoms with Gasteiger partial charge in [0.05, 0.1) is 30.3 Å². The summed E-state index contributed by atoms with van der Waals surface area (Å²) in [6.45, 7) is 0.567. The van der Waals surface area contributed by atoms with Crippen LogP contribution >= 0.6 is 0 Å². The standard InChI is InChI=1S/C4H9NO3S/c5-9(7)4-2-8-1-3(4)6/h3-4,6H,1-2,5H2/t3-,4-,9?/m1/s1. The molecule has 0 aromatic heterocycles. The summed E-state index contributed by atoms with van der Waals surface area (Å²) in [5.41, 5.74) is 0. The van der Waals surface area contributed by atoms with E-state index in [4.69, 9.17) is 15.0 Å². The Bertz CT molecular complexity index is 129. The van der Waals surface area contributed by atoms with E-state index in [9.17, 15) is 4.21 Å². The highest BCUT2D eigenvalue weighted by Gasteiger charge is 2.29. The quantitative estimate of drug-likeness (QED) is 0.472. The summed E-state index contributed by atoms with van der Waals surface area (Å²) in [4.78, 5) is 0. The molecule has 1 fully saturated rings. The lowest BCUT2D eigenvalue weighted by Gasteiger charge is -2.05. The smallest absolute Gasteiger partial charge is 0.100 e. The summed E-state index contributed by atoms with van der Waals surface area (Å²) in [6.07, 6.45) is -0.643. The molecule has 0 spiro atoms. The first-order valence-corrected chi connectivity index (χ1v) is 3.90. The molecule has 0 aliphatic carbocycles. The fraction of sp³-hybridized carbons (Fsp3) is 1.00. The summed E-state index contributed by atoms with van der Waals surface area (Å²) in [5.74, 6) is 0. The van der Waals surface area contributed by atoms with Crippen molar-refractivity contribution in [2.75, 3.05) is 13.2 Å². The summed E-state index contributed by atoms with van der Waals surface area (Å²) in [7, 11) is -1.45. The molecule has 5 heteroatoms. The maximum atomic E-state index is 10.5. The first-order chi connectivity index (χ1) is 4.22.